The molecule has 3 aromatic heterocycles. The van der Waals surface area contributed by atoms with Gasteiger partial charge in [0.05, 0.1) is 5.39 Å². The second-order valence-electron chi connectivity index (χ2n) is 5.02. The Morgan fingerprint density at radius 2 is 2.05 bits per heavy atom. The Hall–Kier alpha value is -2.47. The summed E-state index contributed by atoms with van der Waals surface area (Å²) in [7, 11) is 0. The fraction of sp³-hybridized carbons (Fsp3) is 0.267. The summed E-state index contributed by atoms with van der Waals surface area (Å²) in [6.07, 6.45) is 5.85. The minimum absolute atomic E-state index is 0.0781. The van der Waals surface area contributed by atoms with E-state index in [1.807, 2.05) is 19.1 Å². The summed E-state index contributed by atoms with van der Waals surface area (Å²) in [6, 6.07) is 3.83. The van der Waals surface area contributed by atoms with Gasteiger partial charge in [-0.25, -0.2) is 4.98 Å². The summed E-state index contributed by atoms with van der Waals surface area (Å²) >= 11 is 0. The summed E-state index contributed by atoms with van der Waals surface area (Å²) < 4.78 is 1.67. The Kier molecular flexibility index (Phi) is 3.53. The number of nitrogens with zero attached hydrogens (tertiary/aromatic N) is 3. The molecule has 108 valence electrons. The van der Waals surface area contributed by atoms with Crippen molar-refractivity contribution in [3.63, 3.8) is 0 Å². The summed E-state index contributed by atoms with van der Waals surface area (Å²) in [5.41, 5.74) is 3.30. The summed E-state index contributed by atoms with van der Waals surface area (Å²) in [5.74, 6) is 0. The molecule has 0 unspecified atom stereocenters. The third-order valence-corrected chi connectivity index (χ3v) is 3.35. The maximum atomic E-state index is 12.0. The summed E-state index contributed by atoms with van der Waals surface area (Å²) in [6.45, 7) is 2.59. The van der Waals surface area contributed by atoms with Crippen LogP contribution in [0.25, 0.3) is 22.2 Å². The number of rotatable bonds is 4. The average molecular weight is 284 g/mol. The van der Waals surface area contributed by atoms with Gasteiger partial charge in [0, 0.05) is 42.9 Å². The number of aryl methyl sites for hydroxylation is 2. The Bertz CT molecular complexity index is 835. The Morgan fingerprint density at radius 3 is 2.81 bits per heavy atom. The van der Waals surface area contributed by atoms with Gasteiger partial charge in [-0.1, -0.05) is 0 Å². The van der Waals surface area contributed by atoms with Crippen molar-refractivity contribution in [3.8, 4) is 11.1 Å². The number of aromatic amines is 1. The smallest absolute Gasteiger partial charge is 0.273 e. The third kappa shape index (κ3) is 2.57. The first kappa shape index (κ1) is 13.5. The lowest BCUT2D eigenvalue weighted by atomic mass is 10.1. The summed E-state index contributed by atoms with van der Waals surface area (Å²) in [5, 5.41) is 12.2. The quantitative estimate of drug-likeness (QED) is 0.760. The fourth-order valence-corrected chi connectivity index (χ4v) is 2.34. The van der Waals surface area contributed by atoms with Gasteiger partial charge < -0.3 is 5.11 Å². The molecular weight excluding hydrogens is 268 g/mol. The van der Waals surface area contributed by atoms with Crippen LogP contribution in [0.2, 0.25) is 0 Å². The molecular formula is C15H16N4O2. The molecule has 3 rings (SSSR count). The van der Waals surface area contributed by atoms with Crippen LogP contribution in [0.1, 0.15) is 12.0 Å². The molecule has 2 N–H and O–H groups in total. The maximum Gasteiger partial charge on any atom is 0.273 e. The van der Waals surface area contributed by atoms with E-state index in [9.17, 15) is 4.79 Å². The predicted molar refractivity (Wildman–Crippen MR) is 80.0 cm³/mol. The molecule has 0 aliphatic rings. The first-order valence-electron chi connectivity index (χ1n) is 6.80. The molecule has 3 heterocycles. The van der Waals surface area contributed by atoms with E-state index in [2.05, 4.69) is 15.1 Å². The van der Waals surface area contributed by atoms with Crippen molar-refractivity contribution in [2.75, 3.05) is 6.61 Å². The largest absolute Gasteiger partial charge is 0.396 e. The number of nitrogens with one attached hydrogen (secondary N) is 1. The zero-order valence-electron chi connectivity index (χ0n) is 11.7. The van der Waals surface area contributed by atoms with Crippen molar-refractivity contribution < 1.29 is 5.11 Å². The van der Waals surface area contributed by atoms with Gasteiger partial charge in [-0.3, -0.25) is 19.6 Å². The van der Waals surface area contributed by atoms with E-state index in [0.29, 0.717) is 24.0 Å². The molecule has 0 fully saturated rings. The lowest BCUT2D eigenvalue weighted by Crippen LogP contribution is -2.07. The molecule has 0 spiro atoms. The number of pyridine rings is 2. The van der Waals surface area contributed by atoms with E-state index < -0.39 is 0 Å². The minimum atomic E-state index is -0.169. The summed E-state index contributed by atoms with van der Waals surface area (Å²) in [4.78, 5) is 20.6. The van der Waals surface area contributed by atoms with Crippen molar-refractivity contribution in [2.45, 2.75) is 19.9 Å². The highest BCUT2D eigenvalue weighted by atomic mass is 16.3. The topological polar surface area (TPSA) is 83.8 Å². The molecule has 0 aliphatic heterocycles. The number of hydrogen-bond donors (Lipinski definition) is 2. The van der Waals surface area contributed by atoms with Gasteiger partial charge in [-0.15, -0.1) is 0 Å². The second-order valence-corrected chi connectivity index (χ2v) is 5.02. The molecule has 0 bridgehead atoms. The SMILES string of the molecule is Cc1cncc(-c2cnc3c(c2)c(=O)[nH]n3CCCO)c1. The van der Waals surface area contributed by atoms with Crippen molar-refractivity contribution in [2.24, 2.45) is 0 Å². The van der Waals surface area contributed by atoms with Gasteiger partial charge in [-0.05, 0) is 31.0 Å². The van der Waals surface area contributed by atoms with E-state index in [0.717, 1.165) is 16.7 Å². The van der Waals surface area contributed by atoms with Crippen molar-refractivity contribution in [3.05, 3.63) is 46.6 Å². The lowest BCUT2D eigenvalue weighted by molar-refractivity contribution is 0.277. The maximum absolute atomic E-state index is 12.0. The van der Waals surface area contributed by atoms with Crippen LogP contribution in [0.4, 0.5) is 0 Å². The first-order valence-corrected chi connectivity index (χ1v) is 6.80. The van der Waals surface area contributed by atoms with E-state index in [4.69, 9.17) is 5.11 Å². The lowest BCUT2D eigenvalue weighted by Gasteiger charge is -2.04. The normalized spacial score (nSPS) is 11.1. The number of aliphatic hydroxyl groups excluding tert-OH is 1. The third-order valence-electron chi connectivity index (χ3n) is 3.35. The highest BCUT2D eigenvalue weighted by Gasteiger charge is 2.09. The molecule has 0 atom stereocenters. The van der Waals surface area contributed by atoms with Gasteiger partial charge in [0.1, 0.15) is 0 Å². The van der Waals surface area contributed by atoms with Crippen LogP contribution < -0.4 is 5.56 Å². The van der Waals surface area contributed by atoms with Gasteiger partial charge in [0.2, 0.25) is 0 Å². The van der Waals surface area contributed by atoms with Crippen LogP contribution in [-0.4, -0.2) is 31.5 Å². The highest BCUT2D eigenvalue weighted by molar-refractivity contribution is 5.80. The fourth-order valence-electron chi connectivity index (χ4n) is 2.34. The molecule has 6 heteroatoms. The first-order chi connectivity index (χ1) is 10.2. The van der Waals surface area contributed by atoms with Crippen molar-refractivity contribution in [1.29, 1.82) is 0 Å². The van der Waals surface area contributed by atoms with E-state index in [-0.39, 0.29) is 12.2 Å². The molecule has 0 saturated carbocycles. The number of aromatic nitrogens is 4. The standard InChI is InChI=1S/C15H16N4O2/c1-10-5-11(8-16-7-10)12-6-13-14(17-9-12)19(3-2-4-20)18-15(13)21/h5-9,20H,2-4H2,1H3,(H,18,21). The molecule has 0 aliphatic carbocycles. The van der Waals surface area contributed by atoms with Crippen LogP contribution in [0, 0.1) is 6.92 Å². The van der Waals surface area contributed by atoms with Crippen LogP contribution in [0.5, 0.6) is 0 Å². The number of H-pyrrole nitrogens is 1. The van der Waals surface area contributed by atoms with Gasteiger partial charge in [0.15, 0.2) is 5.65 Å². The monoisotopic (exact) mass is 284 g/mol. The number of hydrogen-bond acceptors (Lipinski definition) is 4. The van der Waals surface area contributed by atoms with E-state index in [1.54, 1.807) is 23.3 Å². The Morgan fingerprint density at radius 1 is 1.24 bits per heavy atom. The average Bonchev–Trinajstić information content (AvgIpc) is 2.81. The Balaban J connectivity index is 2.09. The van der Waals surface area contributed by atoms with Crippen LogP contribution in [-0.2, 0) is 6.54 Å². The molecule has 6 nitrogen and oxygen atoms in total. The minimum Gasteiger partial charge on any atom is -0.396 e. The second kappa shape index (κ2) is 5.49. The molecule has 0 saturated heterocycles. The number of aliphatic hydroxyl groups is 1. The van der Waals surface area contributed by atoms with Crippen LogP contribution in [0.3, 0.4) is 0 Å². The van der Waals surface area contributed by atoms with Gasteiger partial charge >= 0.3 is 0 Å². The van der Waals surface area contributed by atoms with E-state index in [1.165, 1.54) is 0 Å². The molecule has 0 aromatic carbocycles. The predicted octanol–water partition coefficient (Wildman–Crippen LogP) is 1.48. The zero-order chi connectivity index (χ0) is 14.8. The van der Waals surface area contributed by atoms with Crippen LogP contribution >= 0.6 is 0 Å². The molecule has 0 amide bonds. The zero-order valence-corrected chi connectivity index (χ0v) is 11.7. The molecule has 3 aromatic rings. The highest BCUT2D eigenvalue weighted by Crippen LogP contribution is 2.21. The van der Waals surface area contributed by atoms with Gasteiger partial charge in [-0.2, -0.15) is 0 Å². The Labute approximate surface area is 121 Å². The number of fused-ring (bicyclic) bond motifs is 1. The van der Waals surface area contributed by atoms with Crippen LogP contribution in [0.15, 0.2) is 35.5 Å². The van der Waals surface area contributed by atoms with Crippen molar-refractivity contribution in [1.82, 2.24) is 19.7 Å². The van der Waals surface area contributed by atoms with Gasteiger partial charge in [0.25, 0.3) is 5.56 Å². The van der Waals surface area contributed by atoms with Crippen molar-refractivity contribution >= 4 is 11.0 Å². The molecule has 0 radical (unpaired) electrons. The van der Waals surface area contributed by atoms with E-state index >= 15 is 0 Å². The molecule has 21 heavy (non-hydrogen) atoms.